The Labute approximate surface area is 137 Å². The molecular weight excluding hydrogens is 294 g/mol. The third kappa shape index (κ3) is 6.38. The van der Waals surface area contributed by atoms with Gasteiger partial charge in [-0.2, -0.15) is 11.8 Å². The molecule has 1 amide bonds. The van der Waals surface area contributed by atoms with Gasteiger partial charge in [-0.25, -0.2) is 0 Å². The third-order valence-electron chi connectivity index (χ3n) is 3.88. The molecule has 1 aromatic rings. The lowest BCUT2D eigenvalue weighted by molar-refractivity contribution is -0.116. The molecule has 3 N–H and O–H groups in total. The van der Waals surface area contributed by atoms with Crippen molar-refractivity contribution < 1.29 is 4.79 Å². The van der Waals surface area contributed by atoms with Crippen LogP contribution in [0.5, 0.6) is 0 Å². The number of benzene rings is 1. The van der Waals surface area contributed by atoms with Crippen molar-refractivity contribution in [2.45, 2.75) is 32.2 Å². The first kappa shape index (κ1) is 17.3. The van der Waals surface area contributed by atoms with Crippen LogP contribution in [0, 0.1) is 0 Å². The zero-order valence-electron chi connectivity index (χ0n) is 13.4. The highest BCUT2D eigenvalue weighted by atomic mass is 32.2. The van der Waals surface area contributed by atoms with Crippen LogP contribution in [0.25, 0.3) is 0 Å². The average Bonchev–Trinajstić information content (AvgIpc) is 2.53. The fourth-order valence-electron chi connectivity index (χ4n) is 2.45. The number of hydrogen-bond donors (Lipinski definition) is 2. The summed E-state index contributed by atoms with van der Waals surface area (Å²) < 4.78 is 0. The Morgan fingerprint density at radius 2 is 2.00 bits per heavy atom. The summed E-state index contributed by atoms with van der Waals surface area (Å²) in [7, 11) is 0. The SMILES string of the molecule is CC(N)CCC(=O)Nc1ccc(CCN2CCSCC2)cc1. The average molecular weight is 321 g/mol. The first-order valence-electron chi connectivity index (χ1n) is 8.08. The Balaban J connectivity index is 1.73. The van der Waals surface area contributed by atoms with Gasteiger partial charge >= 0.3 is 0 Å². The van der Waals surface area contributed by atoms with Crippen LogP contribution >= 0.6 is 11.8 Å². The number of carbonyl (C=O) groups excluding carboxylic acids is 1. The van der Waals surface area contributed by atoms with E-state index in [0.29, 0.717) is 6.42 Å². The van der Waals surface area contributed by atoms with Crippen molar-refractivity contribution in [2.24, 2.45) is 5.73 Å². The van der Waals surface area contributed by atoms with Crippen LogP contribution < -0.4 is 11.1 Å². The minimum Gasteiger partial charge on any atom is -0.328 e. The van der Waals surface area contributed by atoms with E-state index in [-0.39, 0.29) is 11.9 Å². The summed E-state index contributed by atoms with van der Waals surface area (Å²) in [5.74, 6) is 2.55. The van der Waals surface area contributed by atoms with Gasteiger partial charge < -0.3 is 16.0 Å². The van der Waals surface area contributed by atoms with E-state index in [2.05, 4.69) is 22.3 Å². The number of nitrogens with zero attached hydrogens (tertiary/aromatic N) is 1. The number of rotatable bonds is 7. The molecule has 0 radical (unpaired) electrons. The Morgan fingerprint density at radius 1 is 1.32 bits per heavy atom. The van der Waals surface area contributed by atoms with Gasteiger partial charge in [0.2, 0.25) is 5.91 Å². The summed E-state index contributed by atoms with van der Waals surface area (Å²) in [5.41, 5.74) is 7.86. The van der Waals surface area contributed by atoms with Crippen molar-refractivity contribution in [3.8, 4) is 0 Å². The standard InChI is InChI=1S/C17H27N3OS/c1-14(18)2-7-17(21)19-16-5-3-15(4-6-16)8-9-20-10-12-22-13-11-20/h3-6,14H,2,7-13,18H2,1H3,(H,19,21). The molecule has 2 rings (SSSR count). The molecule has 1 fully saturated rings. The van der Waals surface area contributed by atoms with E-state index in [9.17, 15) is 4.79 Å². The molecule has 122 valence electrons. The molecule has 4 nitrogen and oxygen atoms in total. The van der Waals surface area contributed by atoms with Crippen molar-refractivity contribution in [3.63, 3.8) is 0 Å². The van der Waals surface area contributed by atoms with Crippen LogP contribution in [-0.2, 0) is 11.2 Å². The number of amides is 1. The van der Waals surface area contributed by atoms with Crippen molar-refractivity contribution in [1.29, 1.82) is 0 Å². The minimum absolute atomic E-state index is 0.0378. The predicted octanol–water partition coefficient (Wildman–Crippen LogP) is 2.34. The van der Waals surface area contributed by atoms with Crippen molar-refractivity contribution in [1.82, 2.24) is 4.90 Å². The predicted molar refractivity (Wildman–Crippen MR) is 95.4 cm³/mol. The molecule has 1 aliphatic heterocycles. The van der Waals surface area contributed by atoms with Crippen LogP contribution in [0.15, 0.2) is 24.3 Å². The van der Waals surface area contributed by atoms with Crippen molar-refractivity contribution >= 4 is 23.4 Å². The highest BCUT2D eigenvalue weighted by Gasteiger charge is 2.10. The number of anilines is 1. The van der Waals surface area contributed by atoms with Gasteiger partial charge in [0.1, 0.15) is 0 Å². The van der Waals surface area contributed by atoms with Gasteiger partial charge in [0, 0.05) is 49.3 Å². The van der Waals surface area contributed by atoms with Crippen LogP contribution in [0.2, 0.25) is 0 Å². The molecule has 1 atom stereocenters. The highest BCUT2D eigenvalue weighted by Crippen LogP contribution is 2.13. The molecule has 5 heteroatoms. The maximum Gasteiger partial charge on any atom is 0.224 e. The summed E-state index contributed by atoms with van der Waals surface area (Å²) in [4.78, 5) is 14.3. The molecule has 1 saturated heterocycles. The van der Waals surface area contributed by atoms with E-state index in [4.69, 9.17) is 5.73 Å². The second-order valence-corrected chi connectivity index (χ2v) is 7.19. The zero-order valence-corrected chi connectivity index (χ0v) is 14.2. The number of hydrogen-bond acceptors (Lipinski definition) is 4. The van der Waals surface area contributed by atoms with Gasteiger partial charge in [0.05, 0.1) is 0 Å². The molecule has 22 heavy (non-hydrogen) atoms. The van der Waals surface area contributed by atoms with Gasteiger partial charge in [-0.15, -0.1) is 0 Å². The Hall–Kier alpha value is -1.04. The van der Waals surface area contributed by atoms with E-state index in [1.54, 1.807) is 0 Å². The second-order valence-electron chi connectivity index (χ2n) is 5.97. The van der Waals surface area contributed by atoms with Gasteiger partial charge in [-0.1, -0.05) is 12.1 Å². The molecule has 0 aromatic heterocycles. The topological polar surface area (TPSA) is 58.4 Å². The summed E-state index contributed by atoms with van der Waals surface area (Å²) in [6, 6.07) is 8.28. The molecule has 0 spiro atoms. The summed E-state index contributed by atoms with van der Waals surface area (Å²) in [6.45, 7) is 5.46. The van der Waals surface area contributed by atoms with E-state index >= 15 is 0 Å². The molecule has 1 aliphatic rings. The highest BCUT2D eigenvalue weighted by molar-refractivity contribution is 7.99. The number of thioether (sulfide) groups is 1. The Kier molecular flexibility index (Phi) is 7.22. The lowest BCUT2D eigenvalue weighted by atomic mass is 10.1. The fourth-order valence-corrected chi connectivity index (χ4v) is 3.43. The molecule has 1 heterocycles. The Bertz CT molecular complexity index is 455. The first-order valence-corrected chi connectivity index (χ1v) is 9.23. The zero-order chi connectivity index (χ0) is 15.8. The maximum absolute atomic E-state index is 11.8. The number of nitrogens with one attached hydrogen (secondary N) is 1. The lowest BCUT2D eigenvalue weighted by Crippen LogP contribution is -2.34. The number of carbonyl (C=O) groups is 1. The van der Waals surface area contributed by atoms with Crippen molar-refractivity contribution in [2.75, 3.05) is 36.5 Å². The summed E-state index contributed by atoms with van der Waals surface area (Å²) >= 11 is 2.04. The van der Waals surface area contributed by atoms with Gasteiger partial charge in [-0.05, 0) is 37.5 Å². The van der Waals surface area contributed by atoms with Crippen LogP contribution in [0.1, 0.15) is 25.3 Å². The lowest BCUT2D eigenvalue weighted by Gasteiger charge is -2.26. The first-order chi connectivity index (χ1) is 10.6. The summed E-state index contributed by atoms with van der Waals surface area (Å²) in [6.07, 6.45) is 2.27. The Morgan fingerprint density at radius 3 is 2.64 bits per heavy atom. The summed E-state index contributed by atoms with van der Waals surface area (Å²) in [5, 5.41) is 2.92. The second kappa shape index (κ2) is 9.18. The van der Waals surface area contributed by atoms with Crippen LogP contribution in [-0.4, -0.2) is 48.0 Å². The monoisotopic (exact) mass is 321 g/mol. The molecule has 1 aromatic carbocycles. The van der Waals surface area contributed by atoms with Gasteiger partial charge in [0.15, 0.2) is 0 Å². The molecule has 0 bridgehead atoms. The van der Waals surface area contributed by atoms with Gasteiger partial charge in [0.25, 0.3) is 0 Å². The normalized spacial score (nSPS) is 17.2. The van der Waals surface area contributed by atoms with Crippen molar-refractivity contribution in [3.05, 3.63) is 29.8 Å². The van der Waals surface area contributed by atoms with E-state index in [0.717, 1.165) is 25.1 Å². The number of nitrogens with two attached hydrogens (primary N) is 1. The molecule has 0 saturated carbocycles. The van der Waals surface area contributed by atoms with Crippen LogP contribution in [0.4, 0.5) is 5.69 Å². The minimum atomic E-state index is 0.0378. The van der Waals surface area contributed by atoms with Crippen LogP contribution in [0.3, 0.4) is 0 Å². The molecular formula is C17H27N3OS. The fraction of sp³-hybridized carbons (Fsp3) is 0.588. The quantitative estimate of drug-likeness (QED) is 0.809. The smallest absolute Gasteiger partial charge is 0.224 e. The van der Waals surface area contributed by atoms with E-state index in [1.165, 1.54) is 30.2 Å². The largest absolute Gasteiger partial charge is 0.328 e. The third-order valence-corrected chi connectivity index (χ3v) is 4.83. The van der Waals surface area contributed by atoms with Gasteiger partial charge in [-0.3, -0.25) is 4.79 Å². The van der Waals surface area contributed by atoms with E-state index < -0.39 is 0 Å². The van der Waals surface area contributed by atoms with E-state index in [1.807, 2.05) is 30.8 Å². The maximum atomic E-state index is 11.8. The molecule has 1 unspecified atom stereocenters. The molecule has 0 aliphatic carbocycles.